The highest BCUT2D eigenvalue weighted by molar-refractivity contribution is 7.99. The van der Waals surface area contributed by atoms with Gasteiger partial charge >= 0.3 is 0 Å². The predicted octanol–water partition coefficient (Wildman–Crippen LogP) is 3.01. The maximum atomic E-state index is 12.3. The van der Waals surface area contributed by atoms with Crippen molar-refractivity contribution in [3.05, 3.63) is 62.1 Å². The monoisotopic (exact) mass is 429 g/mol. The number of amides is 2. The highest BCUT2D eigenvalue weighted by atomic mass is 32.2. The van der Waals surface area contributed by atoms with Gasteiger partial charge in [0.15, 0.2) is 16.7 Å². The van der Waals surface area contributed by atoms with Crippen LogP contribution in [-0.2, 0) is 4.79 Å². The number of nitrogens with two attached hydrogens (primary N) is 1. The lowest BCUT2D eigenvalue weighted by Gasteiger charge is -2.09. The first kappa shape index (κ1) is 20.6. The smallest absolute Gasteiger partial charge is 0.277 e. The summed E-state index contributed by atoms with van der Waals surface area (Å²) in [7, 11) is 0. The first-order chi connectivity index (χ1) is 13.8. The first-order valence-corrected chi connectivity index (χ1v) is 10.4. The highest BCUT2D eigenvalue weighted by Gasteiger charge is 2.15. The maximum absolute atomic E-state index is 12.3. The van der Waals surface area contributed by atoms with E-state index >= 15 is 0 Å². The van der Waals surface area contributed by atoms with Gasteiger partial charge in [-0.3, -0.25) is 19.4 Å². The van der Waals surface area contributed by atoms with Crippen molar-refractivity contribution in [2.75, 3.05) is 22.1 Å². The number of benzene rings is 1. The Bertz CT molecular complexity index is 1090. The minimum absolute atomic E-state index is 0.0380. The molecule has 0 bridgehead atoms. The normalized spacial score (nSPS) is 10.6. The van der Waals surface area contributed by atoms with Crippen LogP contribution in [0.2, 0.25) is 0 Å². The molecule has 0 radical (unpaired) electrons. The Balaban J connectivity index is 1.63. The predicted molar refractivity (Wildman–Crippen MR) is 117 cm³/mol. The van der Waals surface area contributed by atoms with Crippen LogP contribution in [-0.4, -0.2) is 27.5 Å². The van der Waals surface area contributed by atoms with Crippen molar-refractivity contribution >= 4 is 52.1 Å². The number of H-pyrrole nitrogens is 1. The first-order valence-electron chi connectivity index (χ1n) is 8.57. The summed E-state index contributed by atoms with van der Waals surface area (Å²) in [5.41, 5.74) is 7.93. The number of carbonyl (C=O) groups excluding carboxylic acids is 2. The Morgan fingerprint density at radius 1 is 1.21 bits per heavy atom. The fourth-order valence-electron chi connectivity index (χ4n) is 2.62. The molecular formula is C19H19N5O3S2. The van der Waals surface area contributed by atoms with Gasteiger partial charge in [0.2, 0.25) is 5.91 Å². The Labute approximate surface area is 174 Å². The molecule has 1 aromatic carbocycles. The molecule has 0 atom stereocenters. The minimum Gasteiger partial charge on any atom is -0.382 e. The Hall–Kier alpha value is -3.11. The molecule has 0 saturated carbocycles. The molecule has 29 heavy (non-hydrogen) atoms. The van der Waals surface area contributed by atoms with Gasteiger partial charge in [0.05, 0.1) is 10.6 Å². The van der Waals surface area contributed by atoms with E-state index < -0.39 is 11.5 Å². The molecule has 0 aliphatic carbocycles. The molecule has 0 saturated heterocycles. The van der Waals surface area contributed by atoms with Gasteiger partial charge < -0.3 is 16.4 Å². The van der Waals surface area contributed by atoms with E-state index in [0.717, 1.165) is 22.9 Å². The zero-order chi connectivity index (χ0) is 21.0. The van der Waals surface area contributed by atoms with Crippen molar-refractivity contribution in [1.29, 1.82) is 0 Å². The number of rotatable bonds is 6. The summed E-state index contributed by atoms with van der Waals surface area (Å²) in [6, 6.07) is 9.13. The van der Waals surface area contributed by atoms with Gasteiger partial charge in [-0.1, -0.05) is 23.9 Å². The largest absolute Gasteiger partial charge is 0.382 e. The lowest BCUT2D eigenvalue weighted by atomic mass is 10.1. The third-order valence-electron chi connectivity index (χ3n) is 3.75. The average molecular weight is 430 g/mol. The van der Waals surface area contributed by atoms with Crippen LogP contribution in [0.4, 0.5) is 17.2 Å². The Kier molecular flexibility index (Phi) is 6.35. The molecule has 10 heteroatoms. The molecule has 2 amide bonds. The number of hydrogen-bond acceptors (Lipinski definition) is 7. The molecule has 3 rings (SSSR count). The van der Waals surface area contributed by atoms with Crippen LogP contribution in [0.25, 0.3) is 0 Å². The molecule has 0 aliphatic heterocycles. The van der Waals surface area contributed by atoms with E-state index in [9.17, 15) is 14.4 Å². The number of hydrogen-bond donors (Lipinski definition) is 4. The van der Waals surface area contributed by atoms with Crippen LogP contribution in [0.5, 0.6) is 0 Å². The highest BCUT2D eigenvalue weighted by Crippen LogP contribution is 2.19. The topological polar surface area (TPSA) is 130 Å². The summed E-state index contributed by atoms with van der Waals surface area (Å²) in [6.45, 7) is 3.90. The Morgan fingerprint density at radius 3 is 2.55 bits per heavy atom. The minimum atomic E-state index is -0.584. The quantitative estimate of drug-likeness (QED) is 0.352. The van der Waals surface area contributed by atoms with Crippen molar-refractivity contribution in [1.82, 2.24) is 9.97 Å². The van der Waals surface area contributed by atoms with Crippen LogP contribution in [0.1, 0.15) is 20.8 Å². The van der Waals surface area contributed by atoms with E-state index in [1.54, 1.807) is 17.5 Å². The number of aromatic nitrogens is 2. The van der Waals surface area contributed by atoms with Crippen molar-refractivity contribution in [3.8, 4) is 0 Å². The molecule has 2 heterocycles. The van der Waals surface area contributed by atoms with Gasteiger partial charge in [-0.05, 0) is 48.6 Å². The van der Waals surface area contributed by atoms with Crippen molar-refractivity contribution < 1.29 is 9.59 Å². The number of aromatic amines is 1. The lowest BCUT2D eigenvalue weighted by molar-refractivity contribution is -0.113. The summed E-state index contributed by atoms with van der Waals surface area (Å²) >= 11 is 2.29. The number of aryl methyl sites for hydroxylation is 2. The summed E-state index contributed by atoms with van der Waals surface area (Å²) in [6.07, 6.45) is 0. The van der Waals surface area contributed by atoms with Crippen LogP contribution < -0.4 is 21.9 Å². The van der Waals surface area contributed by atoms with Gasteiger partial charge in [-0.25, -0.2) is 4.98 Å². The number of thiophene rings is 1. The molecule has 8 nitrogen and oxygen atoms in total. The zero-order valence-electron chi connectivity index (χ0n) is 15.7. The van der Waals surface area contributed by atoms with E-state index in [-0.39, 0.29) is 28.3 Å². The zero-order valence-corrected chi connectivity index (χ0v) is 17.4. The van der Waals surface area contributed by atoms with Gasteiger partial charge in [-0.15, -0.1) is 11.3 Å². The maximum Gasteiger partial charge on any atom is 0.277 e. The summed E-state index contributed by atoms with van der Waals surface area (Å²) in [5, 5.41) is 7.22. The molecule has 0 fully saturated rings. The molecule has 0 unspecified atom stereocenters. The average Bonchev–Trinajstić information content (AvgIpc) is 3.17. The van der Waals surface area contributed by atoms with Crippen LogP contribution in [0.3, 0.4) is 0 Å². The summed E-state index contributed by atoms with van der Waals surface area (Å²) in [4.78, 5) is 43.6. The van der Waals surface area contributed by atoms with Crippen LogP contribution in [0, 0.1) is 13.8 Å². The number of nitrogens with one attached hydrogen (secondary N) is 3. The lowest BCUT2D eigenvalue weighted by Crippen LogP contribution is -2.23. The van der Waals surface area contributed by atoms with E-state index in [4.69, 9.17) is 5.73 Å². The van der Waals surface area contributed by atoms with Gasteiger partial charge in [0.25, 0.3) is 11.5 Å². The number of carbonyl (C=O) groups is 2. The molecular weight excluding hydrogens is 410 g/mol. The number of thioether (sulfide) groups is 1. The number of nitrogen functional groups attached to an aromatic ring is 1. The Morgan fingerprint density at radius 2 is 1.93 bits per heavy atom. The van der Waals surface area contributed by atoms with E-state index in [1.165, 1.54) is 11.3 Å². The summed E-state index contributed by atoms with van der Waals surface area (Å²) < 4.78 is 0. The molecule has 3 aromatic rings. The van der Waals surface area contributed by atoms with E-state index in [0.29, 0.717) is 10.6 Å². The molecule has 2 aromatic heterocycles. The third kappa shape index (κ3) is 5.46. The van der Waals surface area contributed by atoms with E-state index in [1.807, 2.05) is 32.0 Å². The molecule has 0 spiro atoms. The SMILES string of the molecule is Cc1cc(C)cc(NC(=O)CSc2nc(N)c(NC(=O)c3cccs3)c(=O)[nH]2)c1. The van der Waals surface area contributed by atoms with Crippen molar-refractivity contribution in [3.63, 3.8) is 0 Å². The fourth-order valence-corrected chi connectivity index (χ4v) is 3.91. The third-order valence-corrected chi connectivity index (χ3v) is 5.50. The summed E-state index contributed by atoms with van der Waals surface area (Å²) in [5.74, 6) is -0.754. The molecule has 150 valence electrons. The second-order valence-corrected chi connectivity index (χ2v) is 8.19. The van der Waals surface area contributed by atoms with Crippen LogP contribution in [0.15, 0.2) is 45.7 Å². The number of anilines is 3. The van der Waals surface area contributed by atoms with E-state index in [2.05, 4.69) is 20.6 Å². The number of nitrogens with zero attached hydrogens (tertiary/aromatic N) is 1. The van der Waals surface area contributed by atoms with Gasteiger partial charge in [-0.2, -0.15) is 0 Å². The van der Waals surface area contributed by atoms with Gasteiger partial charge in [0, 0.05) is 5.69 Å². The fraction of sp³-hybridized carbons (Fsp3) is 0.158. The second kappa shape index (κ2) is 8.93. The molecule has 0 aliphatic rings. The van der Waals surface area contributed by atoms with Crippen molar-refractivity contribution in [2.24, 2.45) is 0 Å². The second-order valence-electron chi connectivity index (χ2n) is 6.28. The van der Waals surface area contributed by atoms with Gasteiger partial charge in [0.1, 0.15) is 0 Å². The standard InChI is InChI=1S/C19H19N5O3S2/c1-10-6-11(2)8-12(7-10)21-14(25)9-29-19-23-16(20)15(18(27)24-19)22-17(26)13-4-3-5-28-13/h3-8H,9H2,1-2H3,(H,21,25)(H,22,26)(H3,20,23,24,27). The molecule has 5 N–H and O–H groups in total. The van der Waals surface area contributed by atoms with Crippen LogP contribution >= 0.6 is 23.1 Å². The van der Waals surface area contributed by atoms with Crippen molar-refractivity contribution in [2.45, 2.75) is 19.0 Å².